The molecule has 1 saturated heterocycles. The van der Waals surface area contributed by atoms with Crippen molar-refractivity contribution < 1.29 is 9.47 Å². The fourth-order valence-electron chi connectivity index (χ4n) is 3.95. The first-order valence-corrected chi connectivity index (χ1v) is 8.53. The summed E-state index contributed by atoms with van der Waals surface area (Å²) in [4.78, 5) is 2.65. The van der Waals surface area contributed by atoms with Crippen LogP contribution in [-0.4, -0.2) is 43.8 Å². The Bertz CT molecular complexity index is 492. The highest BCUT2D eigenvalue weighted by atomic mass is 16.5. The summed E-state index contributed by atoms with van der Waals surface area (Å²) in [6.07, 6.45) is 7.12. The Morgan fingerprint density at radius 3 is 3.05 bits per heavy atom. The molecule has 4 nitrogen and oxygen atoms in total. The maximum Gasteiger partial charge on any atom is 0.126 e. The molecule has 1 aromatic rings. The van der Waals surface area contributed by atoms with E-state index in [1.165, 1.54) is 37.8 Å². The molecule has 0 bridgehead atoms. The largest absolute Gasteiger partial charge is 0.496 e. The van der Waals surface area contributed by atoms with Gasteiger partial charge in [0, 0.05) is 12.0 Å². The molecule has 0 unspecified atom stereocenters. The maximum absolute atomic E-state index is 6.15. The van der Waals surface area contributed by atoms with Crippen LogP contribution in [0.1, 0.15) is 37.7 Å². The molecular formula is C18H28N2O2. The van der Waals surface area contributed by atoms with E-state index in [0.717, 1.165) is 44.0 Å². The Balaban J connectivity index is 1.82. The number of hydrogen-bond donors (Lipinski definition) is 1. The average Bonchev–Trinajstić information content (AvgIpc) is 2.56. The zero-order chi connectivity index (χ0) is 15.4. The first-order chi connectivity index (χ1) is 10.8. The number of hydrogen-bond acceptors (Lipinski definition) is 4. The minimum atomic E-state index is 0.147. The standard InChI is InChI=1S/C18H28N2O2/c1-21-16-7-6-8-17-15(16)13-18(14-22-17)9-2-4-11-20(18)12-5-3-10-19/h6-8H,2-5,9-14,19H2,1H3/t18-/m0/s1. The number of ether oxygens (including phenoxy) is 2. The first-order valence-electron chi connectivity index (χ1n) is 8.53. The topological polar surface area (TPSA) is 47.7 Å². The summed E-state index contributed by atoms with van der Waals surface area (Å²) in [5, 5.41) is 0. The molecule has 22 heavy (non-hydrogen) atoms. The minimum absolute atomic E-state index is 0.147. The van der Waals surface area contributed by atoms with Crippen molar-refractivity contribution in [2.75, 3.05) is 33.4 Å². The van der Waals surface area contributed by atoms with Gasteiger partial charge in [-0.1, -0.05) is 12.5 Å². The van der Waals surface area contributed by atoms with Crippen molar-refractivity contribution in [3.05, 3.63) is 23.8 Å². The van der Waals surface area contributed by atoms with E-state index in [4.69, 9.17) is 15.2 Å². The minimum Gasteiger partial charge on any atom is -0.496 e. The predicted octanol–water partition coefficient (Wildman–Crippen LogP) is 2.59. The normalized spacial score (nSPS) is 24.8. The summed E-state index contributed by atoms with van der Waals surface area (Å²) in [5.74, 6) is 1.96. The molecule has 0 aromatic heterocycles. The average molecular weight is 304 g/mol. The lowest BCUT2D eigenvalue weighted by Crippen LogP contribution is -2.58. The summed E-state index contributed by atoms with van der Waals surface area (Å²) in [6, 6.07) is 6.12. The Morgan fingerprint density at radius 1 is 1.32 bits per heavy atom. The Hall–Kier alpha value is -1.26. The molecule has 0 aliphatic carbocycles. The van der Waals surface area contributed by atoms with E-state index in [1.54, 1.807) is 7.11 Å². The lowest BCUT2D eigenvalue weighted by molar-refractivity contribution is -0.00532. The second-order valence-corrected chi connectivity index (χ2v) is 6.57. The van der Waals surface area contributed by atoms with Crippen molar-refractivity contribution in [3.63, 3.8) is 0 Å². The third-order valence-corrected chi connectivity index (χ3v) is 5.19. The first kappa shape index (κ1) is 15.6. The van der Waals surface area contributed by atoms with Crippen LogP contribution in [0.2, 0.25) is 0 Å². The van der Waals surface area contributed by atoms with E-state index < -0.39 is 0 Å². The van der Waals surface area contributed by atoms with Crippen LogP contribution in [0.4, 0.5) is 0 Å². The van der Waals surface area contributed by atoms with Gasteiger partial charge < -0.3 is 15.2 Å². The number of unbranched alkanes of at least 4 members (excludes halogenated alkanes) is 1. The molecule has 1 aromatic carbocycles. The van der Waals surface area contributed by atoms with Gasteiger partial charge in [-0.3, -0.25) is 4.90 Å². The molecule has 4 heteroatoms. The number of nitrogens with zero attached hydrogens (tertiary/aromatic N) is 1. The highest BCUT2D eigenvalue weighted by Gasteiger charge is 2.43. The van der Waals surface area contributed by atoms with Crippen LogP contribution in [0.3, 0.4) is 0 Å². The monoisotopic (exact) mass is 304 g/mol. The van der Waals surface area contributed by atoms with Gasteiger partial charge >= 0.3 is 0 Å². The van der Waals surface area contributed by atoms with E-state index in [0.29, 0.717) is 0 Å². The SMILES string of the molecule is COc1cccc2c1C[C@@]1(CCCCN1CCCCN)CO2. The number of likely N-dealkylation sites (tertiary alicyclic amines) is 1. The summed E-state index contributed by atoms with van der Waals surface area (Å²) in [5.41, 5.74) is 7.04. The lowest BCUT2D eigenvalue weighted by atomic mass is 9.79. The van der Waals surface area contributed by atoms with Gasteiger partial charge in [0.25, 0.3) is 0 Å². The van der Waals surface area contributed by atoms with E-state index in [9.17, 15) is 0 Å². The molecule has 2 N–H and O–H groups in total. The van der Waals surface area contributed by atoms with Gasteiger partial charge in [0.2, 0.25) is 0 Å². The van der Waals surface area contributed by atoms with Crippen molar-refractivity contribution in [2.24, 2.45) is 5.73 Å². The van der Waals surface area contributed by atoms with Crippen molar-refractivity contribution in [3.8, 4) is 11.5 Å². The van der Waals surface area contributed by atoms with Gasteiger partial charge in [-0.15, -0.1) is 0 Å². The molecule has 3 rings (SSSR count). The van der Waals surface area contributed by atoms with Gasteiger partial charge in [-0.05, 0) is 57.5 Å². The molecule has 1 fully saturated rings. The van der Waals surface area contributed by atoms with Crippen molar-refractivity contribution in [1.82, 2.24) is 4.90 Å². The van der Waals surface area contributed by atoms with Crippen molar-refractivity contribution >= 4 is 0 Å². The predicted molar refractivity (Wildman–Crippen MR) is 88.6 cm³/mol. The quantitative estimate of drug-likeness (QED) is 0.850. The molecule has 0 amide bonds. The van der Waals surface area contributed by atoms with Crippen LogP contribution in [0.15, 0.2) is 18.2 Å². The molecule has 0 saturated carbocycles. The molecule has 2 aliphatic heterocycles. The number of fused-ring (bicyclic) bond motifs is 1. The Labute approximate surface area is 133 Å². The number of rotatable bonds is 5. The molecule has 122 valence electrons. The van der Waals surface area contributed by atoms with Gasteiger partial charge in [0.05, 0.1) is 12.6 Å². The van der Waals surface area contributed by atoms with Crippen LogP contribution < -0.4 is 15.2 Å². The highest BCUT2D eigenvalue weighted by molar-refractivity contribution is 5.47. The van der Waals surface area contributed by atoms with Crippen LogP contribution in [0.25, 0.3) is 0 Å². The maximum atomic E-state index is 6.15. The van der Waals surface area contributed by atoms with Gasteiger partial charge in [0.15, 0.2) is 0 Å². The Kier molecular flexibility index (Phi) is 4.89. The molecule has 1 spiro atoms. The lowest BCUT2D eigenvalue weighted by Gasteiger charge is -2.49. The number of piperidine rings is 1. The fourth-order valence-corrected chi connectivity index (χ4v) is 3.95. The summed E-state index contributed by atoms with van der Waals surface area (Å²) >= 11 is 0. The highest BCUT2D eigenvalue weighted by Crippen LogP contribution is 2.42. The van der Waals surface area contributed by atoms with Gasteiger partial charge in [0.1, 0.15) is 18.1 Å². The molecule has 0 radical (unpaired) electrons. The van der Waals surface area contributed by atoms with Crippen LogP contribution >= 0.6 is 0 Å². The van der Waals surface area contributed by atoms with Gasteiger partial charge in [-0.25, -0.2) is 0 Å². The smallest absolute Gasteiger partial charge is 0.126 e. The van der Waals surface area contributed by atoms with Crippen LogP contribution in [0, 0.1) is 0 Å². The number of nitrogens with two attached hydrogens (primary N) is 1. The van der Waals surface area contributed by atoms with E-state index >= 15 is 0 Å². The summed E-state index contributed by atoms with van der Waals surface area (Å²) in [6.45, 7) is 3.90. The number of methoxy groups -OCH3 is 1. The van der Waals surface area contributed by atoms with Crippen LogP contribution in [0.5, 0.6) is 11.5 Å². The third-order valence-electron chi connectivity index (χ3n) is 5.19. The second-order valence-electron chi connectivity index (χ2n) is 6.57. The molecular weight excluding hydrogens is 276 g/mol. The van der Waals surface area contributed by atoms with Gasteiger partial charge in [-0.2, -0.15) is 0 Å². The number of benzene rings is 1. The van der Waals surface area contributed by atoms with Crippen molar-refractivity contribution in [2.45, 2.75) is 44.1 Å². The van der Waals surface area contributed by atoms with Crippen LogP contribution in [-0.2, 0) is 6.42 Å². The molecule has 2 heterocycles. The van der Waals surface area contributed by atoms with Crippen molar-refractivity contribution in [1.29, 1.82) is 0 Å². The Morgan fingerprint density at radius 2 is 2.23 bits per heavy atom. The second kappa shape index (κ2) is 6.88. The third kappa shape index (κ3) is 2.95. The summed E-state index contributed by atoms with van der Waals surface area (Å²) in [7, 11) is 1.75. The van der Waals surface area contributed by atoms with E-state index in [2.05, 4.69) is 11.0 Å². The molecule has 1 atom stereocenters. The zero-order valence-electron chi connectivity index (χ0n) is 13.6. The fraction of sp³-hybridized carbons (Fsp3) is 0.667. The van der Waals surface area contributed by atoms with E-state index in [-0.39, 0.29) is 5.54 Å². The van der Waals surface area contributed by atoms with E-state index in [1.807, 2.05) is 12.1 Å². The molecule has 2 aliphatic rings. The zero-order valence-corrected chi connectivity index (χ0v) is 13.6. The summed E-state index contributed by atoms with van der Waals surface area (Å²) < 4.78 is 11.7.